The van der Waals surface area contributed by atoms with Gasteiger partial charge in [-0.05, 0) is 47.9 Å². The highest BCUT2D eigenvalue weighted by atomic mass is 35.5. The van der Waals surface area contributed by atoms with Gasteiger partial charge in [0.1, 0.15) is 0 Å². The SMILES string of the molecule is CC(=C(F)C(=O)Nc1ccc(-c2ccccc2S(=O)ON)cc1Cl)c1cccc(C(N)=NO)c1. The van der Waals surface area contributed by atoms with Gasteiger partial charge >= 0.3 is 0 Å². The first kappa shape index (κ1) is 25.1. The molecule has 0 aliphatic rings. The Kier molecular flexibility index (Phi) is 8.13. The molecule has 3 aromatic carbocycles. The third kappa shape index (κ3) is 5.49. The fraction of sp³-hybridized carbons (Fsp3) is 0.0435. The number of benzene rings is 3. The number of amidine groups is 1. The molecule has 176 valence electrons. The highest BCUT2D eigenvalue weighted by Gasteiger charge is 2.17. The van der Waals surface area contributed by atoms with Gasteiger partial charge in [0.2, 0.25) is 11.1 Å². The van der Waals surface area contributed by atoms with Crippen LogP contribution in [0.3, 0.4) is 0 Å². The summed E-state index contributed by atoms with van der Waals surface area (Å²) in [5.74, 6) is 2.87. The molecule has 3 aromatic rings. The van der Waals surface area contributed by atoms with E-state index in [0.29, 0.717) is 27.1 Å². The maximum atomic E-state index is 14.9. The molecule has 0 aromatic heterocycles. The van der Waals surface area contributed by atoms with Crippen LogP contribution in [0.5, 0.6) is 0 Å². The summed E-state index contributed by atoms with van der Waals surface area (Å²) >= 11 is 4.45. The minimum Gasteiger partial charge on any atom is -0.409 e. The normalized spacial score (nSPS) is 13.2. The Bertz CT molecular complexity index is 1330. The summed E-state index contributed by atoms with van der Waals surface area (Å²) in [4.78, 5) is 12.9. The zero-order valence-corrected chi connectivity index (χ0v) is 19.4. The van der Waals surface area contributed by atoms with Crippen molar-refractivity contribution in [3.8, 4) is 11.1 Å². The number of anilines is 1. The highest BCUT2D eigenvalue weighted by molar-refractivity contribution is 7.80. The first-order valence-corrected chi connectivity index (χ1v) is 11.2. The lowest BCUT2D eigenvalue weighted by Gasteiger charge is -2.12. The van der Waals surface area contributed by atoms with Gasteiger partial charge in [-0.15, -0.1) is 0 Å². The molecule has 0 heterocycles. The summed E-state index contributed by atoms with van der Waals surface area (Å²) in [6, 6.07) is 17.7. The number of halogens is 2. The van der Waals surface area contributed by atoms with Crippen molar-refractivity contribution in [1.29, 1.82) is 0 Å². The number of allylic oxidation sites excluding steroid dienone is 1. The Labute approximate surface area is 202 Å². The van der Waals surface area contributed by atoms with Gasteiger partial charge < -0.3 is 16.3 Å². The van der Waals surface area contributed by atoms with Crippen molar-refractivity contribution in [2.24, 2.45) is 16.8 Å². The number of amides is 1. The van der Waals surface area contributed by atoms with E-state index in [1.807, 2.05) is 0 Å². The molecule has 0 spiro atoms. The number of nitrogens with zero attached hydrogens (tertiary/aromatic N) is 1. The molecule has 0 aliphatic heterocycles. The summed E-state index contributed by atoms with van der Waals surface area (Å²) < 4.78 is 31.4. The van der Waals surface area contributed by atoms with E-state index in [1.54, 1.807) is 54.6 Å². The summed E-state index contributed by atoms with van der Waals surface area (Å²) in [5, 5.41) is 14.3. The Morgan fingerprint density at radius 1 is 1.12 bits per heavy atom. The maximum absolute atomic E-state index is 14.9. The van der Waals surface area contributed by atoms with Gasteiger partial charge in [0, 0.05) is 11.1 Å². The molecule has 8 nitrogen and oxygen atoms in total. The summed E-state index contributed by atoms with van der Waals surface area (Å²) in [6.45, 7) is 1.43. The zero-order valence-electron chi connectivity index (χ0n) is 17.8. The van der Waals surface area contributed by atoms with Gasteiger partial charge in [-0.2, -0.15) is 10.2 Å². The van der Waals surface area contributed by atoms with Gasteiger partial charge in [-0.25, -0.2) is 8.60 Å². The van der Waals surface area contributed by atoms with Crippen LogP contribution in [-0.4, -0.2) is 21.2 Å². The molecule has 6 N–H and O–H groups in total. The second kappa shape index (κ2) is 11.0. The molecular formula is C23H20ClFN4O4S. The van der Waals surface area contributed by atoms with E-state index in [2.05, 4.69) is 14.8 Å². The number of nitrogens with one attached hydrogen (secondary N) is 1. The van der Waals surface area contributed by atoms with E-state index < -0.39 is 22.8 Å². The van der Waals surface area contributed by atoms with Crippen molar-refractivity contribution in [2.75, 3.05) is 5.32 Å². The Hall–Kier alpha value is -3.57. The fourth-order valence-electron chi connectivity index (χ4n) is 3.13. The molecule has 0 saturated heterocycles. The molecule has 1 atom stereocenters. The molecule has 3 rings (SSSR count). The van der Waals surface area contributed by atoms with Crippen LogP contribution in [0.1, 0.15) is 18.1 Å². The van der Waals surface area contributed by atoms with E-state index >= 15 is 0 Å². The van der Waals surface area contributed by atoms with E-state index in [-0.39, 0.29) is 22.1 Å². The molecule has 0 radical (unpaired) electrons. The number of rotatable bonds is 7. The first-order chi connectivity index (χ1) is 16.3. The van der Waals surface area contributed by atoms with Crippen molar-refractivity contribution in [2.45, 2.75) is 11.8 Å². The Balaban J connectivity index is 1.87. The molecule has 0 aliphatic carbocycles. The van der Waals surface area contributed by atoms with Crippen molar-refractivity contribution in [3.63, 3.8) is 0 Å². The predicted octanol–water partition coefficient (Wildman–Crippen LogP) is 4.35. The monoisotopic (exact) mass is 502 g/mol. The Morgan fingerprint density at radius 2 is 1.82 bits per heavy atom. The lowest BCUT2D eigenvalue weighted by atomic mass is 10.0. The van der Waals surface area contributed by atoms with Crippen molar-refractivity contribution in [3.05, 3.63) is 88.7 Å². The molecule has 1 unspecified atom stereocenters. The Morgan fingerprint density at radius 3 is 2.50 bits per heavy atom. The number of oxime groups is 1. The molecule has 0 bridgehead atoms. The van der Waals surface area contributed by atoms with Crippen molar-refractivity contribution >= 4 is 45.7 Å². The largest absolute Gasteiger partial charge is 0.409 e. The van der Waals surface area contributed by atoms with Crippen molar-refractivity contribution < 1.29 is 22.9 Å². The quantitative estimate of drug-likeness (QED) is 0.124. The summed E-state index contributed by atoms with van der Waals surface area (Å²) in [7, 11) is 0. The number of carbonyl (C=O) groups is 1. The second-order valence-electron chi connectivity index (χ2n) is 6.98. The third-order valence-corrected chi connectivity index (χ3v) is 6.11. The van der Waals surface area contributed by atoms with Crippen LogP contribution in [0, 0.1) is 0 Å². The van der Waals surface area contributed by atoms with Crippen LogP contribution in [0.2, 0.25) is 5.02 Å². The molecular weight excluding hydrogens is 483 g/mol. The van der Waals surface area contributed by atoms with E-state index in [4.69, 9.17) is 28.4 Å². The van der Waals surface area contributed by atoms with Crippen molar-refractivity contribution in [1.82, 2.24) is 0 Å². The fourth-order valence-corrected chi connectivity index (χ4v) is 4.02. The van der Waals surface area contributed by atoms with Gasteiger partial charge in [-0.3, -0.25) is 4.79 Å². The predicted molar refractivity (Wildman–Crippen MR) is 130 cm³/mol. The maximum Gasteiger partial charge on any atom is 0.284 e. The first-order valence-electron chi connectivity index (χ1n) is 9.70. The van der Waals surface area contributed by atoms with Crippen LogP contribution in [0.4, 0.5) is 10.1 Å². The van der Waals surface area contributed by atoms with Gasteiger partial charge in [0.05, 0.1) is 15.6 Å². The average Bonchev–Trinajstić information content (AvgIpc) is 2.87. The van der Waals surface area contributed by atoms with Crippen LogP contribution >= 0.6 is 11.6 Å². The number of carbonyl (C=O) groups excluding carboxylic acids is 1. The lowest BCUT2D eigenvalue weighted by molar-refractivity contribution is -0.114. The summed E-state index contributed by atoms with van der Waals surface area (Å²) in [5.41, 5.74) is 7.71. The molecule has 11 heteroatoms. The topological polar surface area (TPSA) is 140 Å². The molecule has 0 saturated carbocycles. The lowest BCUT2D eigenvalue weighted by Crippen LogP contribution is -2.14. The number of hydrogen-bond acceptors (Lipinski definition) is 6. The minimum atomic E-state index is -1.88. The van der Waals surface area contributed by atoms with E-state index in [0.717, 1.165) is 0 Å². The van der Waals surface area contributed by atoms with Crippen LogP contribution in [0.25, 0.3) is 16.7 Å². The van der Waals surface area contributed by atoms with E-state index in [9.17, 15) is 13.4 Å². The van der Waals surface area contributed by atoms with Gasteiger partial charge in [-0.1, -0.05) is 59.2 Å². The number of hydrogen-bond donors (Lipinski definition) is 4. The van der Waals surface area contributed by atoms with Gasteiger partial charge in [0.25, 0.3) is 5.91 Å². The minimum absolute atomic E-state index is 0.0519. The van der Waals surface area contributed by atoms with E-state index in [1.165, 1.54) is 19.1 Å². The third-order valence-electron chi connectivity index (χ3n) is 4.91. The van der Waals surface area contributed by atoms with Crippen LogP contribution < -0.4 is 16.9 Å². The number of nitrogens with two attached hydrogens (primary N) is 2. The molecule has 34 heavy (non-hydrogen) atoms. The standard InChI is InChI=1S/C23H20ClFN4O4S/c1-13(14-5-4-6-16(11-14)22(26)29-31)21(25)23(30)28-19-10-9-15(12-18(19)24)17-7-2-3-8-20(17)34(32)33-27/h2-12,31H,27H2,1H3,(H2,26,29)(H,28,30). The van der Waals surface area contributed by atoms with Crippen LogP contribution in [-0.2, 0) is 20.2 Å². The van der Waals surface area contributed by atoms with Gasteiger partial charge in [0.15, 0.2) is 11.7 Å². The highest BCUT2D eigenvalue weighted by Crippen LogP contribution is 2.32. The molecule has 0 fully saturated rings. The average molecular weight is 503 g/mol. The van der Waals surface area contributed by atoms with Crippen LogP contribution in [0.15, 0.2) is 82.6 Å². The summed E-state index contributed by atoms with van der Waals surface area (Å²) in [6.07, 6.45) is 0. The zero-order chi connectivity index (χ0) is 24.8. The smallest absolute Gasteiger partial charge is 0.284 e. The molecule has 1 amide bonds. The second-order valence-corrected chi connectivity index (χ2v) is 8.49.